The molecule has 0 spiro atoms. The second-order valence-corrected chi connectivity index (χ2v) is 6.14. The van der Waals surface area contributed by atoms with Gasteiger partial charge in [-0.05, 0) is 25.3 Å². The van der Waals surface area contributed by atoms with E-state index in [2.05, 4.69) is 20.6 Å². The third kappa shape index (κ3) is 3.79. The molecule has 1 fully saturated rings. The average molecular weight is 327 g/mol. The van der Waals surface area contributed by atoms with Crippen molar-refractivity contribution in [1.29, 1.82) is 0 Å². The minimum atomic E-state index is -0.422. The number of hydrogen-bond acceptors (Lipinski definition) is 6. The van der Waals surface area contributed by atoms with E-state index >= 15 is 0 Å². The van der Waals surface area contributed by atoms with Crippen molar-refractivity contribution in [1.82, 2.24) is 9.97 Å². The summed E-state index contributed by atoms with van der Waals surface area (Å²) in [5.41, 5.74) is 2.13. The molecule has 1 saturated carbocycles. The zero-order valence-electron chi connectivity index (χ0n) is 13.7. The molecule has 0 aliphatic heterocycles. The highest BCUT2D eigenvalue weighted by molar-refractivity contribution is 5.69. The van der Waals surface area contributed by atoms with Crippen molar-refractivity contribution in [2.45, 2.75) is 45.2 Å². The summed E-state index contributed by atoms with van der Waals surface area (Å²) in [5, 5.41) is 17.8. The van der Waals surface area contributed by atoms with Gasteiger partial charge in [-0.2, -0.15) is 0 Å². The minimum absolute atomic E-state index is 0.0866. The molecule has 3 rings (SSSR count). The van der Waals surface area contributed by atoms with Crippen molar-refractivity contribution in [3.8, 4) is 0 Å². The van der Waals surface area contributed by atoms with Crippen LogP contribution in [0.15, 0.2) is 30.6 Å². The third-order valence-electron chi connectivity index (χ3n) is 4.28. The van der Waals surface area contributed by atoms with Crippen molar-refractivity contribution in [2.24, 2.45) is 0 Å². The first-order chi connectivity index (χ1) is 11.6. The highest BCUT2D eigenvalue weighted by atomic mass is 16.6. The molecule has 1 aromatic heterocycles. The van der Waals surface area contributed by atoms with E-state index in [4.69, 9.17) is 0 Å². The van der Waals surface area contributed by atoms with Gasteiger partial charge >= 0.3 is 5.69 Å². The van der Waals surface area contributed by atoms with E-state index in [0.29, 0.717) is 12.4 Å². The molecular weight excluding hydrogens is 306 g/mol. The molecule has 0 unspecified atom stereocenters. The Morgan fingerprint density at radius 1 is 1.17 bits per heavy atom. The fourth-order valence-electron chi connectivity index (χ4n) is 2.94. The Kier molecular flexibility index (Phi) is 4.88. The fraction of sp³-hybridized carbons (Fsp3) is 0.412. The maximum atomic E-state index is 11.5. The Labute approximate surface area is 140 Å². The molecule has 1 aliphatic rings. The van der Waals surface area contributed by atoms with Gasteiger partial charge in [0, 0.05) is 12.6 Å². The van der Waals surface area contributed by atoms with Crippen LogP contribution >= 0.6 is 0 Å². The molecule has 0 radical (unpaired) electrons. The van der Waals surface area contributed by atoms with Gasteiger partial charge in [0.05, 0.1) is 4.92 Å². The molecular formula is C17H21N5O2. The number of benzene rings is 1. The van der Waals surface area contributed by atoms with Crippen LogP contribution in [0.1, 0.15) is 36.8 Å². The van der Waals surface area contributed by atoms with Crippen molar-refractivity contribution in [2.75, 3.05) is 10.6 Å². The van der Waals surface area contributed by atoms with Gasteiger partial charge in [-0.15, -0.1) is 0 Å². The molecule has 2 aromatic rings. The summed E-state index contributed by atoms with van der Waals surface area (Å²) in [4.78, 5) is 19.2. The third-order valence-corrected chi connectivity index (χ3v) is 4.28. The Bertz CT molecular complexity index is 711. The van der Waals surface area contributed by atoms with Crippen LogP contribution in [0, 0.1) is 17.0 Å². The molecule has 2 N–H and O–H groups in total. The van der Waals surface area contributed by atoms with E-state index in [1.54, 1.807) is 0 Å². The van der Waals surface area contributed by atoms with Crippen molar-refractivity contribution < 1.29 is 4.92 Å². The second-order valence-electron chi connectivity index (χ2n) is 6.14. The Balaban J connectivity index is 1.78. The number of nitrogens with one attached hydrogen (secondary N) is 2. The van der Waals surface area contributed by atoms with Gasteiger partial charge in [0.2, 0.25) is 11.6 Å². The topological polar surface area (TPSA) is 93.0 Å². The molecule has 0 bridgehead atoms. The molecule has 0 atom stereocenters. The predicted octanol–water partition coefficient (Wildman–Crippen LogP) is 3.66. The lowest BCUT2D eigenvalue weighted by atomic mass is 10.1. The van der Waals surface area contributed by atoms with E-state index in [1.165, 1.54) is 11.9 Å². The molecule has 0 saturated heterocycles. The molecule has 7 nitrogen and oxygen atoms in total. The van der Waals surface area contributed by atoms with E-state index in [-0.39, 0.29) is 17.5 Å². The van der Waals surface area contributed by atoms with Crippen LogP contribution in [0.4, 0.5) is 17.3 Å². The van der Waals surface area contributed by atoms with Crippen molar-refractivity contribution >= 4 is 17.3 Å². The maximum absolute atomic E-state index is 11.5. The summed E-state index contributed by atoms with van der Waals surface area (Å²) >= 11 is 0. The van der Waals surface area contributed by atoms with Gasteiger partial charge in [0.25, 0.3) is 0 Å². The highest BCUT2D eigenvalue weighted by Crippen LogP contribution is 2.31. The van der Waals surface area contributed by atoms with Gasteiger partial charge in [-0.1, -0.05) is 42.7 Å². The Morgan fingerprint density at radius 2 is 1.83 bits per heavy atom. The molecule has 0 amide bonds. The summed E-state index contributed by atoms with van der Waals surface area (Å²) in [7, 11) is 0. The monoisotopic (exact) mass is 327 g/mol. The number of rotatable bonds is 6. The normalized spacial score (nSPS) is 14.5. The lowest BCUT2D eigenvalue weighted by Gasteiger charge is -2.14. The minimum Gasteiger partial charge on any atom is -0.361 e. The van der Waals surface area contributed by atoms with Gasteiger partial charge in [-0.25, -0.2) is 9.97 Å². The average Bonchev–Trinajstić information content (AvgIpc) is 3.07. The highest BCUT2D eigenvalue weighted by Gasteiger charge is 2.25. The maximum Gasteiger partial charge on any atom is 0.353 e. The van der Waals surface area contributed by atoms with Crippen LogP contribution in [-0.2, 0) is 6.54 Å². The summed E-state index contributed by atoms with van der Waals surface area (Å²) in [5.74, 6) is 0.546. The predicted molar refractivity (Wildman–Crippen MR) is 93.1 cm³/mol. The lowest BCUT2D eigenvalue weighted by Crippen LogP contribution is -2.18. The second kappa shape index (κ2) is 7.25. The first-order valence-corrected chi connectivity index (χ1v) is 8.19. The zero-order chi connectivity index (χ0) is 16.9. The number of aryl methyl sites for hydroxylation is 1. The summed E-state index contributed by atoms with van der Waals surface area (Å²) in [6.45, 7) is 2.49. The largest absolute Gasteiger partial charge is 0.361 e. The fourth-order valence-corrected chi connectivity index (χ4v) is 2.94. The summed E-state index contributed by atoms with van der Waals surface area (Å²) < 4.78 is 0. The first-order valence-electron chi connectivity index (χ1n) is 8.19. The number of anilines is 2. The summed E-state index contributed by atoms with van der Waals surface area (Å²) in [6, 6.07) is 8.26. The molecule has 1 aromatic carbocycles. The smallest absolute Gasteiger partial charge is 0.353 e. The Morgan fingerprint density at radius 3 is 2.50 bits per heavy atom. The van der Waals surface area contributed by atoms with Crippen LogP contribution in [-0.4, -0.2) is 20.9 Å². The molecule has 126 valence electrons. The number of nitrogens with zero attached hydrogens (tertiary/aromatic N) is 3. The summed E-state index contributed by atoms with van der Waals surface area (Å²) in [6.07, 6.45) is 5.70. The van der Waals surface area contributed by atoms with Crippen molar-refractivity contribution in [3.63, 3.8) is 0 Å². The molecule has 1 aliphatic carbocycles. The van der Waals surface area contributed by atoms with Crippen LogP contribution in [0.3, 0.4) is 0 Å². The molecule has 7 heteroatoms. The van der Waals surface area contributed by atoms with E-state index in [0.717, 1.165) is 31.2 Å². The van der Waals surface area contributed by atoms with Gasteiger partial charge in [0.15, 0.2) is 0 Å². The van der Waals surface area contributed by atoms with E-state index in [1.807, 2.05) is 31.2 Å². The van der Waals surface area contributed by atoms with Crippen LogP contribution in [0.25, 0.3) is 0 Å². The lowest BCUT2D eigenvalue weighted by molar-refractivity contribution is -0.383. The van der Waals surface area contributed by atoms with Crippen LogP contribution < -0.4 is 10.6 Å². The first kappa shape index (κ1) is 16.2. The zero-order valence-corrected chi connectivity index (χ0v) is 13.7. The van der Waals surface area contributed by atoms with E-state index in [9.17, 15) is 10.1 Å². The number of nitro groups is 1. The molecule has 24 heavy (non-hydrogen) atoms. The number of hydrogen-bond donors (Lipinski definition) is 2. The van der Waals surface area contributed by atoms with E-state index < -0.39 is 4.92 Å². The van der Waals surface area contributed by atoms with Gasteiger partial charge in [0.1, 0.15) is 6.33 Å². The van der Waals surface area contributed by atoms with Crippen molar-refractivity contribution in [3.05, 3.63) is 51.8 Å². The standard InChI is InChI=1S/C17H21N5O2/c1-12-6-8-13(9-7-12)10-18-16-15(22(23)24)17(20-11-19-16)21-14-4-2-3-5-14/h6-9,11,14H,2-5,10H2,1H3,(H2,18,19,20,21). The van der Waals surface area contributed by atoms with Crippen LogP contribution in [0.5, 0.6) is 0 Å². The van der Waals surface area contributed by atoms with Gasteiger partial charge < -0.3 is 10.6 Å². The van der Waals surface area contributed by atoms with Gasteiger partial charge in [-0.3, -0.25) is 10.1 Å². The SMILES string of the molecule is Cc1ccc(CNc2ncnc(NC3CCCC3)c2[N+](=O)[O-])cc1. The number of aromatic nitrogens is 2. The van der Waals surface area contributed by atoms with Crippen LogP contribution in [0.2, 0.25) is 0 Å². The Hall–Kier alpha value is -2.70. The molecule has 1 heterocycles. The quantitative estimate of drug-likeness (QED) is 0.621.